The largest absolute Gasteiger partial charge is 0.354 e. The Morgan fingerprint density at radius 2 is 2.16 bits per heavy atom. The Balaban J connectivity index is 2.29. The van der Waals surface area contributed by atoms with Crippen LogP contribution in [0.2, 0.25) is 0 Å². The van der Waals surface area contributed by atoms with Crippen LogP contribution < -0.4 is 10.6 Å². The van der Waals surface area contributed by atoms with Crippen LogP contribution in [0.15, 0.2) is 0 Å². The molecule has 19 heavy (non-hydrogen) atoms. The van der Waals surface area contributed by atoms with E-state index >= 15 is 0 Å². The Labute approximate surface area is 117 Å². The zero-order valence-electron chi connectivity index (χ0n) is 12.8. The first kappa shape index (κ1) is 14.4. The summed E-state index contributed by atoms with van der Waals surface area (Å²) in [6.45, 7) is 7.57. The summed E-state index contributed by atoms with van der Waals surface area (Å²) in [7, 11) is 2.06. The lowest BCUT2D eigenvalue weighted by atomic mass is 10.1. The van der Waals surface area contributed by atoms with Gasteiger partial charge in [0, 0.05) is 31.2 Å². The van der Waals surface area contributed by atoms with Gasteiger partial charge in [0.05, 0.1) is 5.69 Å². The Morgan fingerprint density at radius 1 is 1.47 bits per heavy atom. The number of nitrogens with zero attached hydrogens (tertiary/aromatic N) is 3. The highest BCUT2D eigenvalue weighted by atomic mass is 15.4. The van der Waals surface area contributed by atoms with Gasteiger partial charge in [-0.05, 0) is 39.5 Å². The van der Waals surface area contributed by atoms with Crippen molar-refractivity contribution >= 4 is 5.82 Å². The van der Waals surface area contributed by atoms with E-state index in [2.05, 4.69) is 42.5 Å². The molecule has 4 heteroatoms. The summed E-state index contributed by atoms with van der Waals surface area (Å²) < 4.78 is 2.06. The molecule has 1 aromatic heterocycles. The first-order valence-corrected chi connectivity index (χ1v) is 7.59. The van der Waals surface area contributed by atoms with Crippen molar-refractivity contribution in [1.82, 2.24) is 9.78 Å². The minimum atomic E-state index is 0.189. The van der Waals surface area contributed by atoms with Crippen LogP contribution in [0, 0.1) is 6.92 Å². The summed E-state index contributed by atoms with van der Waals surface area (Å²) >= 11 is 0. The number of hydrogen-bond acceptors (Lipinski definition) is 3. The molecule has 4 nitrogen and oxygen atoms in total. The second-order valence-electron chi connectivity index (χ2n) is 5.97. The van der Waals surface area contributed by atoms with Crippen LogP contribution in [0.25, 0.3) is 0 Å². The molecule has 108 valence electrons. The van der Waals surface area contributed by atoms with Crippen molar-refractivity contribution in [3.8, 4) is 0 Å². The molecule has 1 unspecified atom stereocenters. The highest BCUT2D eigenvalue weighted by Crippen LogP contribution is 2.35. The van der Waals surface area contributed by atoms with E-state index in [9.17, 15) is 0 Å². The monoisotopic (exact) mass is 264 g/mol. The van der Waals surface area contributed by atoms with E-state index in [0.29, 0.717) is 0 Å². The predicted octanol–water partition coefficient (Wildman–Crippen LogP) is 2.39. The molecule has 1 fully saturated rings. The second kappa shape index (κ2) is 5.95. The Hall–Kier alpha value is -1.03. The first-order valence-electron chi connectivity index (χ1n) is 7.59. The van der Waals surface area contributed by atoms with Gasteiger partial charge < -0.3 is 10.6 Å². The van der Waals surface area contributed by atoms with Gasteiger partial charge in [-0.1, -0.05) is 13.3 Å². The maximum atomic E-state index is 6.01. The van der Waals surface area contributed by atoms with Crippen LogP contribution in [0.4, 0.5) is 5.82 Å². The summed E-state index contributed by atoms with van der Waals surface area (Å²) in [6, 6.07) is 0.919. The van der Waals surface area contributed by atoms with Crippen LogP contribution in [-0.2, 0) is 13.5 Å². The van der Waals surface area contributed by atoms with Crippen LogP contribution in [0.1, 0.15) is 50.8 Å². The lowest BCUT2D eigenvalue weighted by Gasteiger charge is -2.26. The first-order chi connectivity index (χ1) is 9.04. The van der Waals surface area contributed by atoms with E-state index in [-0.39, 0.29) is 6.04 Å². The molecule has 0 radical (unpaired) electrons. The van der Waals surface area contributed by atoms with Gasteiger partial charge in [-0.25, -0.2) is 0 Å². The van der Waals surface area contributed by atoms with Gasteiger partial charge in [-0.2, -0.15) is 5.10 Å². The van der Waals surface area contributed by atoms with Crippen LogP contribution in [0.5, 0.6) is 0 Å². The third kappa shape index (κ3) is 3.30. The van der Waals surface area contributed by atoms with Crippen molar-refractivity contribution in [3.05, 3.63) is 11.3 Å². The molecule has 1 saturated carbocycles. The van der Waals surface area contributed by atoms with Crippen LogP contribution in [0.3, 0.4) is 0 Å². The fraction of sp³-hybridized carbons (Fsp3) is 0.800. The van der Waals surface area contributed by atoms with Crippen LogP contribution in [-0.4, -0.2) is 28.4 Å². The Morgan fingerprint density at radius 3 is 2.68 bits per heavy atom. The molecule has 1 aliphatic carbocycles. The summed E-state index contributed by atoms with van der Waals surface area (Å²) in [6.07, 6.45) is 6.06. The minimum absolute atomic E-state index is 0.189. The maximum absolute atomic E-state index is 6.01. The van der Waals surface area contributed by atoms with E-state index < -0.39 is 0 Å². The number of rotatable bonds is 7. The molecule has 1 aromatic rings. The number of aromatic nitrogens is 2. The number of aryl methyl sites for hydroxylation is 2. The minimum Gasteiger partial charge on any atom is -0.354 e. The van der Waals surface area contributed by atoms with Gasteiger partial charge in [0.25, 0.3) is 0 Å². The molecule has 0 saturated heterocycles. The maximum Gasteiger partial charge on any atom is 0.130 e. The zero-order chi connectivity index (χ0) is 14.0. The highest BCUT2D eigenvalue weighted by molar-refractivity contribution is 5.52. The zero-order valence-corrected chi connectivity index (χ0v) is 12.8. The molecular formula is C15H28N4. The molecule has 1 atom stereocenters. The average Bonchev–Trinajstić information content (AvgIpc) is 3.11. The van der Waals surface area contributed by atoms with Crippen molar-refractivity contribution in [3.63, 3.8) is 0 Å². The van der Waals surface area contributed by atoms with E-state index in [1.807, 2.05) is 0 Å². The smallest absolute Gasteiger partial charge is 0.130 e. The molecule has 0 aliphatic heterocycles. The summed E-state index contributed by atoms with van der Waals surface area (Å²) in [5.74, 6) is 1.31. The quantitative estimate of drug-likeness (QED) is 0.822. The average molecular weight is 264 g/mol. The van der Waals surface area contributed by atoms with Gasteiger partial charge in [0.1, 0.15) is 5.82 Å². The molecule has 0 bridgehead atoms. The molecule has 1 aliphatic rings. The summed E-state index contributed by atoms with van der Waals surface area (Å²) in [5, 5.41) is 4.62. The van der Waals surface area contributed by atoms with Gasteiger partial charge >= 0.3 is 0 Å². The number of anilines is 1. The molecule has 2 rings (SSSR count). The topological polar surface area (TPSA) is 47.1 Å². The van der Waals surface area contributed by atoms with Gasteiger partial charge in [0.2, 0.25) is 0 Å². The molecular weight excluding hydrogens is 236 g/mol. The molecule has 0 amide bonds. The van der Waals surface area contributed by atoms with Gasteiger partial charge in [-0.3, -0.25) is 4.68 Å². The van der Waals surface area contributed by atoms with Crippen LogP contribution >= 0.6 is 0 Å². The van der Waals surface area contributed by atoms with Gasteiger partial charge in [-0.15, -0.1) is 0 Å². The number of nitrogens with two attached hydrogens (primary N) is 1. The Bertz CT molecular complexity index is 418. The van der Waals surface area contributed by atoms with Crippen molar-refractivity contribution in [2.24, 2.45) is 12.8 Å². The van der Waals surface area contributed by atoms with E-state index in [1.165, 1.54) is 37.1 Å². The lowest BCUT2D eigenvalue weighted by molar-refractivity contribution is 0.656. The third-order valence-corrected chi connectivity index (χ3v) is 3.85. The van der Waals surface area contributed by atoms with Crippen molar-refractivity contribution < 1.29 is 0 Å². The fourth-order valence-electron chi connectivity index (χ4n) is 2.79. The van der Waals surface area contributed by atoms with E-state index in [4.69, 9.17) is 5.73 Å². The SMILES string of the molecule is CCCCN(c1c(CC(C)N)c(C)nn1C)C1CC1. The van der Waals surface area contributed by atoms with Crippen molar-refractivity contribution in [2.45, 2.75) is 65.0 Å². The van der Waals surface area contributed by atoms with Crippen molar-refractivity contribution in [2.75, 3.05) is 11.4 Å². The molecule has 0 spiro atoms. The third-order valence-electron chi connectivity index (χ3n) is 3.85. The number of unbranched alkanes of at least 4 members (excludes halogenated alkanes) is 1. The van der Waals surface area contributed by atoms with Gasteiger partial charge in [0.15, 0.2) is 0 Å². The summed E-state index contributed by atoms with van der Waals surface area (Å²) in [4.78, 5) is 2.57. The second-order valence-corrected chi connectivity index (χ2v) is 5.97. The normalized spacial score (nSPS) is 16.7. The molecule has 0 aromatic carbocycles. The Kier molecular flexibility index (Phi) is 4.50. The standard InChI is InChI=1S/C15H28N4/c1-5-6-9-19(13-7-8-13)15-14(10-11(2)16)12(3)17-18(15)4/h11,13H,5-10,16H2,1-4H3. The fourth-order valence-corrected chi connectivity index (χ4v) is 2.79. The van der Waals surface area contributed by atoms with E-state index in [0.717, 1.165) is 24.7 Å². The van der Waals surface area contributed by atoms with Crippen molar-refractivity contribution in [1.29, 1.82) is 0 Å². The van der Waals surface area contributed by atoms with E-state index in [1.54, 1.807) is 0 Å². The molecule has 2 N–H and O–H groups in total. The predicted molar refractivity (Wildman–Crippen MR) is 80.6 cm³/mol. The molecule has 1 heterocycles. The number of hydrogen-bond donors (Lipinski definition) is 1. The summed E-state index contributed by atoms with van der Waals surface area (Å²) in [5.41, 5.74) is 8.49. The lowest BCUT2D eigenvalue weighted by Crippen LogP contribution is -2.30. The highest BCUT2D eigenvalue weighted by Gasteiger charge is 2.32.